The molecule has 0 bridgehead atoms. The molecule has 0 heterocycles. The molecule has 1 aromatic rings. The third kappa shape index (κ3) is 3.31. The molecule has 4 heteroatoms. The Kier molecular flexibility index (Phi) is 5.17. The molecule has 0 aliphatic carbocycles. The Bertz CT molecular complexity index is 449. The molecule has 1 atom stereocenters. The number of alkyl halides is 1. The minimum Gasteiger partial charge on any atom is -0.494 e. The first-order valence-corrected chi connectivity index (χ1v) is 6.33. The molecule has 0 amide bonds. The van der Waals surface area contributed by atoms with Gasteiger partial charge in [0.15, 0.2) is 5.78 Å². The smallest absolute Gasteiger partial charge is 0.176 e. The summed E-state index contributed by atoms with van der Waals surface area (Å²) in [6.45, 7) is 4.16. The number of ketones is 1. The van der Waals surface area contributed by atoms with Gasteiger partial charge in [0.1, 0.15) is 5.75 Å². The highest BCUT2D eigenvalue weighted by Crippen LogP contribution is 2.25. The number of carbonyl (C=O) groups excluding carboxylic acids is 1. The third-order valence-corrected chi connectivity index (χ3v) is 2.73. The summed E-state index contributed by atoms with van der Waals surface area (Å²) in [7, 11) is 0. The van der Waals surface area contributed by atoms with Crippen molar-refractivity contribution in [2.24, 2.45) is 0 Å². The Morgan fingerprint density at radius 1 is 1.59 bits per heavy atom. The van der Waals surface area contributed by atoms with Crippen LogP contribution in [-0.4, -0.2) is 17.2 Å². The van der Waals surface area contributed by atoms with Crippen molar-refractivity contribution in [3.8, 4) is 11.8 Å². The minimum absolute atomic E-state index is 0.0307. The molecule has 3 nitrogen and oxygen atoms in total. The van der Waals surface area contributed by atoms with Crippen molar-refractivity contribution in [1.29, 1.82) is 5.26 Å². The largest absolute Gasteiger partial charge is 0.494 e. The van der Waals surface area contributed by atoms with Crippen LogP contribution in [-0.2, 0) is 6.42 Å². The lowest BCUT2D eigenvalue weighted by Gasteiger charge is -2.13. The number of halogens is 1. The van der Waals surface area contributed by atoms with Crippen molar-refractivity contribution >= 4 is 21.7 Å². The van der Waals surface area contributed by atoms with Gasteiger partial charge in [0.25, 0.3) is 0 Å². The number of ether oxygens (including phenoxy) is 1. The van der Waals surface area contributed by atoms with Crippen LogP contribution in [0.5, 0.6) is 5.75 Å². The van der Waals surface area contributed by atoms with Crippen molar-refractivity contribution in [3.05, 3.63) is 29.3 Å². The van der Waals surface area contributed by atoms with Crippen LogP contribution in [0.15, 0.2) is 18.2 Å². The lowest BCUT2D eigenvalue weighted by atomic mass is 9.99. The zero-order valence-corrected chi connectivity index (χ0v) is 11.5. The molecule has 0 fully saturated rings. The van der Waals surface area contributed by atoms with E-state index < -0.39 is 0 Å². The summed E-state index contributed by atoms with van der Waals surface area (Å²) >= 11 is 3.25. The molecule has 0 saturated carbocycles. The second-order valence-corrected chi connectivity index (χ2v) is 4.90. The van der Waals surface area contributed by atoms with Gasteiger partial charge in [-0.3, -0.25) is 4.79 Å². The molecule has 1 unspecified atom stereocenters. The van der Waals surface area contributed by atoms with E-state index in [0.29, 0.717) is 23.5 Å². The number of Topliss-reactive ketones (excluding diaryl/α,β-unsaturated/α-hetero) is 1. The van der Waals surface area contributed by atoms with Gasteiger partial charge in [-0.25, -0.2) is 0 Å². The van der Waals surface area contributed by atoms with Gasteiger partial charge in [0, 0.05) is 11.1 Å². The van der Waals surface area contributed by atoms with Crippen LogP contribution < -0.4 is 4.74 Å². The van der Waals surface area contributed by atoms with E-state index in [0.717, 1.165) is 0 Å². The van der Waals surface area contributed by atoms with Crippen LogP contribution in [0.4, 0.5) is 0 Å². The minimum atomic E-state index is -0.267. The first-order chi connectivity index (χ1) is 8.11. The molecule has 17 heavy (non-hydrogen) atoms. The molecule has 1 aromatic carbocycles. The molecule has 1 rings (SSSR count). The van der Waals surface area contributed by atoms with Gasteiger partial charge in [0.2, 0.25) is 0 Å². The summed E-state index contributed by atoms with van der Waals surface area (Å²) < 4.78 is 5.44. The molecule has 0 radical (unpaired) electrons. The second kappa shape index (κ2) is 6.41. The van der Waals surface area contributed by atoms with Gasteiger partial charge >= 0.3 is 0 Å². The molecule has 0 aliphatic rings. The van der Waals surface area contributed by atoms with Crippen LogP contribution in [0.25, 0.3) is 0 Å². The number of hydrogen-bond acceptors (Lipinski definition) is 3. The molecular formula is C13H14BrNO2. The first-order valence-electron chi connectivity index (χ1n) is 5.41. The highest BCUT2D eigenvalue weighted by Gasteiger charge is 2.18. The van der Waals surface area contributed by atoms with E-state index in [2.05, 4.69) is 22.0 Å². The topological polar surface area (TPSA) is 50.1 Å². The van der Waals surface area contributed by atoms with Gasteiger partial charge in [-0.05, 0) is 19.9 Å². The van der Waals surface area contributed by atoms with Crippen LogP contribution in [0.3, 0.4) is 0 Å². The van der Waals surface area contributed by atoms with Crippen molar-refractivity contribution < 1.29 is 9.53 Å². The van der Waals surface area contributed by atoms with E-state index in [9.17, 15) is 4.79 Å². The van der Waals surface area contributed by atoms with Gasteiger partial charge < -0.3 is 4.74 Å². The fourth-order valence-electron chi connectivity index (χ4n) is 1.56. The lowest BCUT2D eigenvalue weighted by Crippen LogP contribution is -2.13. The van der Waals surface area contributed by atoms with Crippen LogP contribution in [0, 0.1) is 11.3 Å². The Morgan fingerprint density at radius 3 is 2.82 bits per heavy atom. The Balaban J connectivity index is 3.25. The fraction of sp³-hybridized carbons (Fsp3) is 0.385. The predicted octanol–water partition coefficient (Wildman–Crippen LogP) is 3.12. The standard InChI is InChI=1S/C13H14BrNO2/c1-3-17-12-6-4-5-11(10(12)7-8-15)13(16)9(2)14/h4-6,9H,3,7H2,1-2H3. The Labute approximate surface area is 110 Å². The first kappa shape index (κ1) is 13.7. The van der Waals surface area contributed by atoms with Crippen LogP contribution in [0.2, 0.25) is 0 Å². The maximum Gasteiger partial charge on any atom is 0.176 e. The summed E-state index contributed by atoms with van der Waals surface area (Å²) in [6, 6.07) is 7.36. The number of nitriles is 1. The molecule has 0 spiro atoms. The Hall–Kier alpha value is -1.34. The van der Waals surface area contributed by atoms with Crippen molar-refractivity contribution in [2.75, 3.05) is 6.61 Å². The molecule has 0 aliphatic heterocycles. The zero-order chi connectivity index (χ0) is 12.8. The zero-order valence-electron chi connectivity index (χ0n) is 9.87. The van der Waals surface area contributed by atoms with Crippen molar-refractivity contribution in [2.45, 2.75) is 25.1 Å². The molecule has 0 N–H and O–H groups in total. The SMILES string of the molecule is CCOc1cccc(C(=O)C(C)Br)c1CC#N. The van der Waals surface area contributed by atoms with Crippen LogP contribution in [0.1, 0.15) is 29.8 Å². The normalized spacial score (nSPS) is 11.6. The van der Waals surface area contributed by atoms with Gasteiger partial charge in [0.05, 0.1) is 23.9 Å². The molecule has 0 aromatic heterocycles. The predicted molar refractivity (Wildman–Crippen MR) is 69.6 cm³/mol. The average molecular weight is 296 g/mol. The maximum absolute atomic E-state index is 12.0. The van der Waals surface area contributed by atoms with E-state index in [-0.39, 0.29) is 17.0 Å². The summed E-state index contributed by atoms with van der Waals surface area (Å²) in [5.41, 5.74) is 1.23. The molecule has 90 valence electrons. The fourth-order valence-corrected chi connectivity index (χ4v) is 1.81. The average Bonchev–Trinajstić information content (AvgIpc) is 2.31. The lowest BCUT2D eigenvalue weighted by molar-refractivity contribution is 0.0994. The van der Waals surface area contributed by atoms with E-state index >= 15 is 0 Å². The number of carbonyl (C=O) groups is 1. The monoisotopic (exact) mass is 295 g/mol. The van der Waals surface area contributed by atoms with Crippen molar-refractivity contribution in [3.63, 3.8) is 0 Å². The summed E-state index contributed by atoms with van der Waals surface area (Å²) in [5, 5.41) is 8.83. The molecule has 0 saturated heterocycles. The van der Waals surface area contributed by atoms with Gasteiger partial charge in [-0.1, -0.05) is 28.1 Å². The maximum atomic E-state index is 12.0. The van der Waals surface area contributed by atoms with E-state index in [4.69, 9.17) is 10.00 Å². The number of rotatable bonds is 5. The van der Waals surface area contributed by atoms with E-state index in [1.165, 1.54) is 0 Å². The number of hydrogen-bond donors (Lipinski definition) is 0. The summed E-state index contributed by atoms with van der Waals surface area (Å²) in [4.78, 5) is 11.7. The van der Waals surface area contributed by atoms with E-state index in [1.807, 2.05) is 6.92 Å². The summed E-state index contributed by atoms with van der Waals surface area (Å²) in [6.07, 6.45) is 0.178. The number of benzene rings is 1. The van der Waals surface area contributed by atoms with Crippen molar-refractivity contribution in [1.82, 2.24) is 0 Å². The second-order valence-electron chi connectivity index (χ2n) is 3.53. The highest BCUT2D eigenvalue weighted by atomic mass is 79.9. The van der Waals surface area contributed by atoms with Gasteiger partial charge in [-0.15, -0.1) is 0 Å². The van der Waals surface area contributed by atoms with Crippen LogP contribution >= 0.6 is 15.9 Å². The van der Waals surface area contributed by atoms with Gasteiger partial charge in [-0.2, -0.15) is 5.26 Å². The van der Waals surface area contributed by atoms with E-state index in [1.54, 1.807) is 25.1 Å². The molecular weight excluding hydrogens is 282 g/mol. The highest BCUT2D eigenvalue weighted by molar-refractivity contribution is 9.10. The summed E-state index contributed by atoms with van der Waals surface area (Å²) in [5.74, 6) is 0.588. The quantitative estimate of drug-likeness (QED) is 0.619. The number of nitrogens with zero attached hydrogens (tertiary/aromatic N) is 1. The third-order valence-electron chi connectivity index (χ3n) is 2.32. The Morgan fingerprint density at radius 2 is 2.29 bits per heavy atom.